The second kappa shape index (κ2) is 7.06. The van der Waals surface area contributed by atoms with E-state index in [1.165, 1.54) is 19.2 Å². The van der Waals surface area contributed by atoms with Gasteiger partial charge in [0.05, 0.1) is 38.7 Å². The Hall–Kier alpha value is -1.86. The maximum atomic E-state index is 13.6. The van der Waals surface area contributed by atoms with Crippen molar-refractivity contribution < 1.29 is 23.4 Å². The van der Waals surface area contributed by atoms with E-state index in [0.717, 1.165) is 0 Å². The first-order chi connectivity index (χ1) is 9.69. The van der Waals surface area contributed by atoms with Crippen molar-refractivity contribution >= 4 is 11.7 Å². The summed E-state index contributed by atoms with van der Waals surface area (Å²) < 4.78 is 29.1. The van der Waals surface area contributed by atoms with Gasteiger partial charge in [-0.05, 0) is 12.1 Å². The number of anilines is 1. The zero-order chi connectivity index (χ0) is 14.4. The molecule has 1 aromatic rings. The van der Waals surface area contributed by atoms with Crippen molar-refractivity contribution in [2.24, 2.45) is 0 Å². The largest absolute Gasteiger partial charge is 0.497 e. The molecule has 7 heteroatoms. The van der Waals surface area contributed by atoms with E-state index >= 15 is 0 Å². The standard InChI is InChI=1S/C13H17FN2O4/c1-18-9-2-3-12(11(14)6-9)16-13(17)15-7-10-8-19-4-5-20-10/h2-3,6,10H,4-5,7-8H2,1H3,(H2,15,16,17)/t10-/m1/s1. The predicted octanol–water partition coefficient (Wildman–Crippen LogP) is 1.37. The van der Waals surface area contributed by atoms with Gasteiger partial charge in [-0.1, -0.05) is 0 Å². The van der Waals surface area contributed by atoms with Crippen LogP contribution in [0.2, 0.25) is 0 Å². The number of ether oxygens (including phenoxy) is 3. The average molecular weight is 284 g/mol. The van der Waals surface area contributed by atoms with Crippen molar-refractivity contribution in [3.63, 3.8) is 0 Å². The van der Waals surface area contributed by atoms with Crippen LogP contribution in [0.15, 0.2) is 18.2 Å². The highest BCUT2D eigenvalue weighted by Gasteiger charge is 2.15. The number of rotatable bonds is 4. The molecule has 1 atom stereocenters. The van der Waals surface area contributed by atoms with E-state index < -0.39 is 11.8 Å². The van der Waals surface area contributed by atoms with Crippen LogP contribution in [-0.2, 0) is 9.47 Å². The van der Waals surface area contributed by atoms with Gasteiger partial charge in [0.15, 0.2) is 0 Å². The molecule has 20 heavy (non-hydrogen) atoms. The van der Waals surface area contributed by atoms with E-state index in [2.05, 4.69) is 10.6 Å². The Morgan fingerprint density at radius 3 is 3.00 bits per heavy atom. The van der Waals surface area contributed by atoms with Gasteiger partial charge in [0.2, 0.25) is 0 Å². The van der Waals surface area contributed by atoms with Gasteiger partial charge in [0.25, 0.3) is 0 Å². The zero-order valence-corrected chi connectivity index (χ0v) is 11.1. The van der Waals surface area contributed by atoms with Gasteiger partial charge >= 0.3 is 6.03 Å². The Morgan fingerprint density at radius 2 is 2.35 bits per heavy atom. The normalized spacial score (nSPS) is 18.4. The molecule has 1 aromatic carbocycles. The van der Waals surface area contributed by atoms with E-state index in [-0.39, 0.29) is 11.8 Å². The second-order valence-electron chi connectivity index (χ2n) is 4.25. The monoisotopic (exact) mass is 284 g/mol. The van der Waals surface area contributed by atoms with Crippen LogP contribution in [0.25, 0.3) is 0 Å². The summed E-state index contributed by atoms with van der Waals surface area (Å²) in [7, 11) is 1.45. The minimum absolute atomic E-state index is 0.0871. The number of carbonyl (C=O) groups is 1. The molecular weight excluding hydrogens is 267 g/mol. The smallest absolute Gasteiger partial charge is 0.319 e. The molecule has 0 aromatic heterocycles. The first kappa shape index (κ1) is 14.5. The van der Waals surface area contributed by atoms with E-state index in [9.17, 15) is 9.18 Å². The molecule has 0 unspecified atom stereocenters. The summed E-state index contributed by atoms with van der Waals surface area (Å²) in [6, 6.07) is 3.71. The van der Waals surface area contributed by atoms with Gasteiger partial charge < -0.3 is 24.8 Å². The van der Waals surface area contributed by atoms with E-state index in [1.807, 2.05) is 0 Å². The van der Waals surface area contributed by atoms with Gasteiger partial charge in [-0.2, -0.15) is 0 Å². The van der Waals surface area contributed by atoms with Crippen LogP contribution in [0.5, 0.6) is 5.75 Å². The van der Waals surface area contributed by atoms with Crippen LogP contribution in [0, 0.1) is 5.82 Å². The summed E-state index contributed by atoms with van der Waals surface area (Å²) in [6.45, 7) is 1.83. The molecule has 1 aliphatic heterocycles. The number of nitrogens with one attached hydrogen (secondary N) is 2. The van der Waals surface area contributed by atoms with Gasteiger partial charge in [-0.3, -0.25) is 0 Å². The fourth-order valence-corrected chi connectivity index (χ4v) is 1.75. The molecule has 1 fully saturated rings. The van der Waals surface area contributed by atoms with Gasteiger partial charge in [0, 0.05) is 12.6 Å². The van der Waals surface area contributed by atoms with Gasteiger partial charge in [0.1, 0.15) is 11.6 Å². The average Bonchev–Trinajstić information content (AvgIpc) is 2.48. The summed E-state index contributed by atoms with van der Waals surface area (Å²) >= 11 is 0. The number of halogens is 1. The maximum Gasteiger partial charge on any atom is 0.319 e. The fraction of sp³-hybridized carbons (Fsp3) is 0.462. The van der Waals surface area contributed by atoms with Gasteiger partial charge in [-0.15, -0.1) is 0 Å². The van der Waals surface area contributed by atoms with Crippen molar-refractivity contribution in [1.29, 1.82) is 0 Å². The van der Waals surface area contributed by atoms with Crippen LogP contribution < -0.4 is 15.4 Å². The topological polar surface area (TPSA) is 68.8 Å². The molecule has 0 aliphatic carbocycles. The number of hydrogen-bond donors (Lipinski definition) is 2. The lowest BCUT2D eigenvalue weighted by Crippen LogP contribution is -2.41. The highest BCUT2D eigenvalue weighted by molar-refractivity contribution is 5.89. The summed E-state index contributed by atoms with van der Waals surface area (Å²) in [5, 5.41) is 5.03. The Morgan fingerprint density at radius 1 is 1.50 bits per heavy atom. The van der Waals surface area contributed by atoms with Crippen LogP contribution in [-0.4, -0.2) is 45.6 Å². The van der Waals surface area contributed by atoms with Crippen molar-refractivity contribution in [1.82, 2.24) is 5.32 Å². The minimum Gasteiger partial charge on any atom is -0.497 e. The number of urea groups is 1. The highest BCUT2D eigenvalue weighted by Crippen LogP contribution is 2.20. The summed E-state index contributed by atoms with van der Waals surface area (Å²) in [5.74, 6) is -0.169. The molecule has 6 nitrogen and oxygen atoms in total. The predicted molar refractivity (Wildman–Crippen MR) is 70.5 cm³/mol. The van der Waals surface area contributed by atoms with Crippen molar-refractivity contribution in [2.75, 3.05) is 38.8 Å². The Labute approximate surface area is 116 Å². The second-order valence-corrected chi connectivity index (χ2v) is 4.25. The van der Waals surface area contributed by atoms with E-state index in [4.69, 9.17) is 14.2 Å². The molecule has 1 saturated heterocycles. The Kier molecular flexibility index (Phi) is 5.14. The number of carbonyl (C=O) groups excluding carboxylic acids is 1. The number of hydrogen-bond acceptors (Lipinski definition) is 4. The third kappa shape index (κ3) is 4.07. The summed E-state index contributed by atoms with van der Waals surface area (Å²) in [6.07, 6.45) is -0.171. The molecule has 0 saturated carbocycles. The molecule has 0 spiro atoms. The van der Waals surface area contributed by atoms with Crippen molar-refractivity contribution in [3.8, 4) is 5.75 Å². The summed E-state index contributed by atoms with van der Waals surface area (Å²) in [4.78, 5) is 11.6. The molecule has 0 radical (unpaired) electrons. The Bertz CT molecular complexity index is 464. The number of methoxy groups -OCH3 is 1. The zero-order valence-electron chi connectivity index (χ0n) is 11.1. The molecule has 2 rings (SSSR count). The molecule has 0 bridgehead atoms. The minimum atomic E-state index is -0.559. The quantitative estimate of drug-likeness (QED) is 0.876. The first-order valence-corrected chi connectivity index (χ1v) is 6.27. The van der Waals surface area contributed by atoms with Gasteiger partial charge in [-0.25, -0.2) is 9.18 Å². The van der Waals surface area contributed by atoms with Crippen LogP contribution in [0.3, 0.4) is 0 Å². The molecule has 110 valence electrons. The number of amides is 2. The van der Waals surface area contributed by atoms with Crippen molar-refractivity contribution in [3.05, 3.63) is 24.0 Å². The molecule has 2 amide bonds. The Balaban J connectivity index is 1.81. The van der Waals surface area contributed by atoms with Crippen molar-refractivity contribution in [2.45, 2.75) is 6.10 Å². The van der Waals surface area contributed by atoms with E-state index in [1.54, 1.807) is 6.07 Å². The van der Waals surface area contributed by atoms with E-state index in [0.29, 0.717) is 32.1 Å². The third-order valence-corrected chi connectivity index (χ3v) is 2.80. The molecule has 1 heterocycles. The lowest BCUT2D eigenvalue weighted by Gasteiger charge is -2.23. The molecule has 1 aliphatic rings. The molecule has 2 N–H and O–H groups in total. The fourth-order valence-electron chi connectivity index (χ4n) is 1.75. The summed E-state index contributed by atoms with van der Waals surface area (Å²) in [5.41, 5.74) is 0.0871. The maximum absolute atomic E-state index is 13.6. The van der Waals surface area contributed by atoms with Crippen LogP contribution in [0.1, 0.15) is 0 Å². The molecular formula is C13H17FN2O4. The number of benzene rings is 1. The SMILES string of the molecule is COc1ccc(NC(=O)NC[C@@H]2COCCO2)c(F)c1. The third-order valence-electron chi connectivity index (χ3n) is 2.80. The van der Waals surface area contributed by atoms with Crippen LogP contribution >= 0.6 is 0 Å². The lowest BCUT2D eigenvalue weighted by molar-refractivity contribution is -0.0852. The lowest BCUT2D eigenvalue weighted by atomic mass is 10.3. The first-order valence-electron chi connectivity index (χ1n) is 6.27. The highest BCUT2D eigenvalue weighted by atomic mass is 19.1. The van der Waals surface area contributed by atoms with Crippen LogP contribution in [0.4, 0.5) is 14.9 Å².